The summed E-state index contributed by atoms with van der Waals surface area (Å²) in [5, 5.41) is 4.57. The zero-order chi connectivity index (χ0) is 23.8. The summed E-state index contributed by atoms with van der Waals surface area (Å²) in [5.74, 6) is -1.58. The van der Waals surface area contributed by atoms with Crippen LogP contribution in [-0.4, -0.2) is 68.6 Å². The number of esters is 2. The maximum absolute atomic E-state index is 13.1. The third-order valence-electron chi connectivity index (χ3n) is 5.25. The summed E-state index contributed by atoms with van der Waals surface area (Å²) in [6, 6.07) is 7.12. The largest absolute Gasteiger partial charge is 0.468 e. The molecular weight excluding hydrogens is 466 g/mol. The number of nitrogens with zero attached hydrogens (tertiary/aromatic N) is 2. The number of thioether (sulfide) groups is 1. The Morgan fingerprint density at radius 1 is 1.30 bits per heavy atom. The number of carbonyl (C=O) groups is 2. The molecule has 0 fully saturated rings. The van der Waals surface area contributed by atoms with Gasteiger partial charge in [0.15, 0.2) is 5.17 Å². The van der Waals surface area contributed by atoms with Gasteiger partial charge in [-0.3, -0.25) is 14.8 Å². The molecule has 33 heavy (non-hydrogen) atoms. The van der Waals surface area contributed by atoms with Crippen LogP contribution in [0.25, 0.3) is 0 Å². The normalized spacial score (nSPS) is 20.2. The summed E-state index contributed by atoms with van der Waals surface area (Å²) in [7, 11) is 1.31. The number of carbonyl (C=O) groups excluding carboxylic acids is 2. The minimum absolute atomic E-state index is 0.0850. The lowest BCUT2D eigenvalue weighted by molar-refractivity contribution is -0.144. The molecule has 0 radical (unpaired) electrons. The van der Waals surface area contributed by atoms with E-state index in [-0.39, 0.29) is 18.8 Å². The van der Waals surface area contributed by atoms with Gasteiger partial charge in [-0.05, 0) is 25.5 Å². The van der Waals surface area contributed by atoms with E-state index in [0.29, 0.717) is 35.1 Å². The maximum Gasteiger partial charge on any atom is 0.336 e. The molecule has 2 heterocycles. The van der Waals surface area contributed by atoms with Gasteiger partial charge in [0.2, 0.25) is 0 Å². The van der Waals surface area contributed by atoms with Gasteiger partial charge in [0.05, 0.1) is 44.7 Å². The van der Waals surface area contributed by atoms with Crippen LogP contribution in [0.4, 0.5) is 0 Å². The highest BCUT2D eigenvalue weighted by molar-refractivity contribution is 8.14. The van der Waals surface area contributed by atoms with Gasteiger partial charge in [0.25, 0.3) is 0 Å². The second-order valence-electron chi connectivity index (χ2n) is 7.35. The molecule has 2 atom stereocenters. The molecular formula is C23H28ClN3O5S. The van der Waals surface area contributed by atoms with Crippen molar-refractivity contribution in [3.05, 3.63) is 46.1 Å². The monoisotopic (exact) mass is 493 g/mol. The third-order valence-corrected chi connectivity index (χ3v) is 6.53. The summed E-state index contributed by atoms with van der Waals surface area (Å²) in [6.45, 7) is 5.53. The van der Waals surface area contributed by atoms with Crippen LogP contribution in [0.1, 0.15) is 25.3 Å². The molecule has 2 aliphatic heterocycles. The third kappa shape index (κ3) is 6.16. The Labute approximate surface area is 202 Å². The van der Waals surface area contributed by atoms with Crippen molar-refractivity contribution in [2.24, 2.45) is 15.9 Å². The fourth-order valence-corrected chi connectivity index (χ4v) is 4.85. The summed E-state index contributed by atoms with van der Waals surface area (Å²) in [5.41, 5.74) is 1.83. The SMILES string of the molecule is CCOC(=O)C1=C(COCCNC2=NCCS2)N=C(C)C(C(=O)OC)C1c1ccccc1Cl. The first-order valence-electron chi connectivity index (χ1n) is 10.7. The highest BCUT2D eigenvalue weighted by Gasteiger charge is 2.43. The van der Waals surface area contributed by atoms with Gasteiger partial charge in [0, 0.05) is 28.9 Å². The van der Waals surface area contributed by atoms with Crippen LogP contribution < -0.4 is 5.32 Å². The fourth-order valence-electron chi connectivity index (χ4n) is 3.83. The molecule has 0 spiro atoms. The molecule has 0 bridgehead atoms. The van der Waals surface area contributed by atoms with Gasteiger partial charge in [-0.25, -0.2) is 4.79 Å². The summed E-state index contributed by atoms with van der Waals surface area (Å²) in [6.07, 6.45) is 0. The van der Waals surface area contributed by atoms with Crippen LogP contribution in [0.3, 0.4) is 0 Å². The van der Waals surface area contributed by atoms with E-state index in [1.165, 1.54) is 7.11 Å². The van der Waals surface area contributed by atoms with Crippen molar-refractivity contribution in [3.63, 3.8) is 0 Å². The van der Waals surface area contributed by atoms with Gasteiger partial charge in [-0.2, -0.15) is 0 Å². The Morgan fingerprint density at radius 3 is 2.76 bits per heavy atom. The van der Waals surface area contributed by atoms with Gasteiger partial charge in [-0.15, -0.1) is 0 Å². The minimum Gasteiger partial charge on any atom is -0.468 e. The number of hydrogen-bond acceptors (Lipinski definition) is 9. The number of ether oxygens (including phenoxy) is 3. The Morgan fingerprint density at radius 2 is 2.09 bits per heavy atom. The van der Waals surface area contributed by atoms with Gasteiger partial charge < -0.3 is 19.5 Å². The van der Waals surface area contributed by atoms with Crippen molar-refractivity contribution in [1.29, 1.82) is 0 Å². The number of halogens is 1. The van der Waals surface area contributed by atoms with Crippen molar-refractivity contribution >= 4 is 46.2 Å². The molecule has 10 heteroatoms. The summed E-state index contributed by atoms with van der Waals surface area (Å²) in [4.78, 5) is 34.8. The van der Waals surface area contributed by atoms with Crippen molar-refractivity contribution < 1.29 is 23.8 Å². The van der Waals surface area contributed by atoms with Crippen molar-refractivity contribution in [3.8, 4) is 0 Å². The smallest absolute Gasteiger partial charge is 0.336 e. The maximum atomic E-state index is 13.1. The van der Waals surface area contributed by atoms with Crippen molar-refractivity contribution in [2.45, 2.75) is 19.8 Å². The molecule has 2 aliphatic rings. The first-order chi connectivity index (χ1) is 16.0. The van der Waals surface area contributed by atoms with E-state index in [9.17, 15) is 9.59 Å². The molecule has 178 valence electrons. The van der Waals surface area contributed by atoms with E-state index in [1.54, 1.807) is 43.8 Å². The average molecular weight is 494 g/mol. The molecule has 1 N–H and O–H groups in total. The molecule has 2 unspecified atom stereocenters. The van der Waals surface area contributed by atoms with Gasteiger partial charge in [-0.1, -0.05) is 41.6 Å². The molecule has 0 saturated heterocycles. The van der Waals surface area contributed by atoms with Crippen LogP contribution in [0.2, 0.25) is 5.02 Å². The molecule has 3 rings (SSSR count). The van der Waals surface area contributed by atoms with Crippen molar-refractivity contribution in [1.82, 2.24) is 5.32 Å². The molecule has 0 amide bonds. The number of aliphatic imine (C=N–C) groups is 2. The predicted octanol–water partition coefficient (Wildman–Crippen LogP) is 3.21. The van der Waals surface area contributed by atoms with Gasteiger partial charge >= 0.3 is 11.9 Å². The molecule has 1 aromatic carbocycles. The number of hydrogen-bond donors (Lipinski definition) is 1. The molecule has 0 aliphatic carbocycles. The summed E-state index contributed by atoms with van der Waals surface area (Å²) >= 11 is 8.18. The molecule has 1 aromatic rings. The van der Waals surface area contributed by atoms with E-state index >= 15 is 0 Å². The standard InChI is InChI=1S/C23H28ClN3O5S/c1-4-32-22(29)20-17(13-31-11-9-25-23-26-10-12-33-23)27-14(2)18(21(28)30-3)19(20)15-7-5-6-8-16(15)24/h5-8,18-19H,4,9-13H2,1-3H3,(H,25,26). The Hall–Kier alpha value is -2.36. The number of methoxy groups -OCH3 is 1. The zero-order valence-electron chi connectivity index (χ0n) is 18.9. The Balaban J connectivity index is 1.91. The van der Waals surface area contributed by atoms with Crippen molar-refractivity contribution in [2.75, 3.05) is 45.8 Å². The first kappa shape index (κ1) is 25.3. The quantitative estimate of drug-likeness (QED) is 0.416. The average Bonchev–Trinajstić information content (AvgIpc) is 3.32. The predicted molar refractivity (Wildman–Crippen MR) is 130 cm³/mol. The number of amidine groups is 1. The van der Waals surface area contributed by atoms with E-state index in [0.717, 1.165) is 17.5 Å². The highest BCUT2D eigenvalue weighted by Crippen LogP contribution is 2.42. The number of rotatable bonds is 9. The second kappa shape index (κ2) is 12.2. The van der Waals surface area contributed by atoms with E-state index in [2.05, 4.69) is 15.3 Å². The topological polar surface area (TPSA) is 98.6 Å². The van der Waals surface area contributed by atoms with E-state index in [4.69, 9.17) is 25.8 Å². The fraction of sp³-hybridized carbons (Fsp3) is 0.478. The highest BCUT2D eigenvalue weighted by atomic mass is 35.5. The van der Waals surface area contributed by atoms with Crippen LogP contribution in [0.15, 0.2) is 45.5 Å². The van der Waals surface area contributed by atoms with E-state index in [1.807, 2.05) is 6.07 Å². The number of nitrogens with one attached hydrogen (secondary N) is 1. The zero-order valence-corrected chi connectivity index (χ0v) is 20.5. The number of benzene rings is 1. The lowest BCUT2D eigenvalue weighted by Gasteiger charge is -2.32. The van der Waals surface area contributed by atoms with E-state index < -0.39 is 23.8 Å². The van der Waals surface area contributed by atoms with Crippen LogP contribution in [0, 0.1) is 5.92 Å². The minimum atomic E-state index is -0.808. The molecule has 0 aromatic heterocycles. The van der Waals surface area contributed by atoms with Crippen LogP contribution in [0.5, 0.6) is 0 Å². The molecule has 8 nitrogen and oxygen atoms in total. The Kier molecular flexibility index (Phi) is 9.34. The van der Waals surface area contributed by atoms with Crippen LogP contribution >= 0.6 is 23.4 Å². The Bertz CT molecular complexity index is 979. The molecule has 0 saturated carbocycles. The second-order valence-corrected chi connectivity index (χ2v) is 8.84. The lowest BCUT2D eigenvalue weighted by atomic mass is 9.75. The lowest BCUT2D eigenvalue weighted by Crippen LogP contribution is -2.37. The van der Waals surface area contributed by atoms with Gasteiger partial charge in [0.1, 0.15) is 5.92 Å². The first-order valence-corrected chi connectivity index (χ1v) is 12.1. The summed E-state index contributed by atoms with van der Waals surface area (Å²) < 4.78 is 16.2. The van der Waals surface area contributed by atoms with Crippen LogP contribution in [-0.2, 0) is 23.8 Å².